The molecule has 1 unspecified atom stereocenters. The Morgan fingerprint density at radius 3 is 2.50 bits per heavy atom. The van der Waals surface area contributed by atoms with Crippen LogP contribution in [0.5, 0.6) is 0 Å². The second-order valence-corrected chi connectivity index (χ2v) is 9.34. The SMILES string of the molecule is CCCN(C(=O)NC(C)(C)C)C(CC)c1nc2ccccc2c(=O)n1-c1cccc(Cl)c1. The van der Waals surface area contributed by atoms with Gasteiger partial charge in [-0.1, -0.05) is 43.6 Å². The molecule has 3 rings (SSSR count). The van der Waals surface area contributed by atoms with Gasteiger partial charge in [-0.05, 0) is 63.9 Å². The Morgan fingerprint density at radius 1 is 1.16 bits per heavy atom. The zero-order chi connectivity index (χ0) is 23.5. The fourth-order valence-electron chi connectivity index (χ4n) is 3.81. The van der Waals surface area contributed by atoms with Crippen LogP contribution in [0, 0.1) is 0 Å². The molecule has 0 aliphatic rings. The van der Waals surface area contributed by atoms with Gasteiger partial charge in [-0.15, -0.1) is 0 Å². The van der Waals surface area contributed by atoms with Crippen LogP contribution in [0.4, 0.5) is 4.79 Å². The quantitative estimate of drug-likeness (QED) is 0.518. The second kappa shape index (κ2) is 9.74. The summed E-state index contributed by atoms with van der Waals surface area (Å²) >= 11 is 6.26. The summed E-state index contributed by atoms with van der Waals surface area (Å²) in [6, 6.07) is 13.9. The third-order valence-electron chi connectivity index (χ3n) is 5.14. The van der Waals surface area contributed by atoms with Crippen molar-refractivity contribution in [2.75, 3.05) is 6.54 Å². The van der Waals surface area contributed by atoms with Gasteiger partial charge in [-0.3, -0.25) is 9.36 Å². The average Bonchev–Trinajstić information content (AvgIpc) is 2.72. The van der Waals surface area contributed by atoms with Crippen LogP contribution in [0.2, 0.25) is 5.02 Å². The molecule has 0 saturated carbocycles. The zero-order valence-electron chi connectivity index (χ0n) is 19.4. The molecule has 1 heterocycles. The molecule has 6 nitrogen and oxygen atoms in total. The van der Waals surface area contributed by atoms with Crippen LogP contribution >= 0.6 is 11.6 Å². The van der Waals surface area contributed by atoms with Gasteiger partial charge >= 0.3 is 6.03 Å². The number of para-hydroxylation sites is 1. The molecule has 3 aromatic rings. The number of amides is 2. The van der Waals surface area contributed by atoms with Crippen molar-refractivity contribution in [2.24, 2.45) is 0 Å². The van der Waals surface area contributed by atoms with Gasteiger partial charge in [0.25, 0.3) is 5.56 Å². The Hall–Kier alpha value is -2.86. The standard InChI is InChI=1S/C25H31ClN4O2/c1-6-15-29(24(32)28-25(3,4)5)21(7-2)22-27-20-14-9-8-13-19(20)23(31)30(22)18-12-10-11-17(26)16-18/h8-14,16,21H,6-7,15H2,1-5H3,(H,28,32). The summed E-state index contributed by atoms with van der Waals surface area (Å²) in [7, 11) is 0. The first-order valence-corrected chi connectivity index (χ1v) is 11.4. The largest absolute Gasteiger partial charge is 0.333 e. The van der Waals surface area contributed by atoms with Gasteiger partial charge in [0.05, 0.1) is 22.6 Å². The second-order valence-electron chi connectivity index (χ2n) is 8.91. The molecule has 0 aliphatic heterocycles. The van der Waals surface area contributed by atoms with Crippen LogP contribution in [0.1, 0.15) is 59.3 Å². The van der Waals surface area contributed by atoms with Crippen LogP contribution in [-0.2, 0) is 0 Å². The van der Waals surface area contributed by atoms with Crippen molar-refractivity contribution in [3.8, 4) is 5.69 Å². The number of carbonyl (C=O) groups excluding carboxylic acids is 1. The van der Waals surface area contributed by atoms with Gasteiger partial charge in [0, 0.05) is 17.1 Å². The van der Waals surface area contributed by atoms with Crippen molar-refractivity contribution in [3.05, 3.63) is 69.7 Å². The summed E-state index contributed by atoms with van der Waals surface area (Å²) in [6.45, 7) is 10.4. The smallest absolute Gasteiger partial charge is 0.318 e. The number of nitrogens with one attached hydrogen (secondary N) is 1. The van der Waals surface area contributed by atoms with Crippen LogP contribution in [0.3, 0.4) is 0 Å². The topological polar surface area (TPSA) is 67.2 Å². The Morgan fingerprint density at radius 2 is 1.88 bits per heavy atom. The van der Waals surface area contributed by atoms with E-state index in [9.17, 15) is 9.59 Å². The molecule has 0 fully saturated rings. The number of benzene rings is 2. The van der Waals surface area contributed by atoms with E-state index in [0.29, 0.717) is 40.4 Å². The molecule has 1 atom stereocenters. The van der Waals surface area contributed by atoms with E-state index >= 15 is 0 Å². The lowest BCUT2D eigenvalue weighted by molar-refractivity contribution is 0.160. The predicted molar refractivity (Wildman–Crippen MR) is 131 cm³/mol. The molecule has 0 radical (unpaired) electrons. The maximum absolute atomic E-state index is 13.6. The fraction of sp³-hybridized carbons (Fsp3) is 0.400. The highest BCUT2D eigenvalue weighted by Gasteiger charge is 2.30. The summed E-state index contributed by atoms with van der Waals surface area (Å²) in [5.41, 5.74) is 0.669. The van der Waals surface area contributed by atoms with E-state index in [0.717, 1.165) is 6.42 Å². The summed E-state index contributed by atoms with van der Waals surface area (Å²) in [6.07, 6.45) is 1.38. The molecule has 0 aliphatic carbocycles. The number of hydrogen-bond donors (Lipinski definition) is 1. The number of rotatable bonds is 6. The third-order valence-corrected chi connectivity index (χ3v) is 5.37. The van der Waals surface area contributed by atoms with E-state index in [-0.39, 0.29) is 17.1 Å². The van der Waals surface area contributed by atoms with Gasteiger partial charge in [0.2, 0.25) is 0 Å². The highest BCUT2D eigenvalue weighted by Crippen LogP contribution is 2.27. The third kappa shape index (κ3) is 5.13. The minimum absolute atomic E-state index is 0.175. The van der Waals surface area contributed by atoms with E-state index in [2.05, 4.69) is 5.32 Å². The molecule has 1 N–H and O–H groups in total. The predicted octanol–water partition coefficient (Wildman–Crippen LogP) is 5.71. The lowest BCUT2D eigenvalue weighted by Gasteiger charge is -2.34. The van der Waals surface area contributed by atoms with Crippen molar-refractivity contribution < 1.29 is 4.79 Å². The fourth-order valence-corrected chi connectivity index (χ4v) is 4.00. The van der Waals surface area contributed by atoms with Gasteiger partial charge in [-0.25, -0.2) is 9.78 Å². The molecule has 32 heavy (non-hydrogen) atoms. The Kier molecular flexibility index (Phi) is 7.24. The normalized spacial score (nSPS) is 12.6. The van der Waals surface area contributed by atoms with E-state index < -0.39 is 6.04 Å². The van der Waals surface area contributed by atoms with Gasteiger partial charge < -0.3 is 10.2 Å². The number of urea groups is 1. The minimum atomic E-state index is -0.395. The Bertz CT molecular complexity index is 1170. The maximum Gasteiger partial charge on any atom is 0.318 e. The lowest BCUT2D eigenvalue weighted by atomic mass is 10.1. The lowest BCUT2D eigenvalue weighted by Crippen LogP contribution is -2.50. The van der Waals surface area contributed by atoms with Crippen LogP contribution in [0.15, 0.2) is 53.3 Å². The summed E-state index contributed by atoms with van der Waals surface area (Å²) in [4.78, 5) is 33.5. The van der Waals surface area contributed by atoms with Crippen molar-refractivity contribution in [1.29, 1.82) is 0 Å². The van der Waals surface area contributed by atoms with E-state index in [1.54, 1.807) is 33.7 Å². The van der Waals surface area contributed by atoms with E-state index in [4.69, 9.17) is 16.6 Å². The van der Waals surface area contributed by atoms with Gasteiger partial charge in [-0.2, -0.15) is 0 Å². The Labute approximate surface area is 194 Å². The first-order chi connectivity index (χ1) is 15.2. The molecule has 2 aromatic carbocycles. The average molecular weight is 455 g/mol. The first-order valence-electron chi connectivity index (χ1n) is 11.0. The van der Waals surface area contributed by atoms with Crippen LogP contribution in [0.25, 0.3) is 16.6 Å². The molecule has 2 amide bonds. The number of fused-ring (bicyclic) bond motifs is 1. The molecule has 0 bridgehead atoms. The molecule has 0 spiro atoms. The highest BCUT2D eigenvalue weighted by atomic mass is 35.5. The zero-order valence-corrected chi connectivity index (χ0v) is 20.1. The van der Waals surface area contributed by atoms with Crippen molar-refractivity contribution in [2.45, 2.75) is 59.0 Å². The Balaban J connectivity index is 2.27. The number of nitrogens with zero attached hydrogens (tertiary/aromatic N) is 3. The van der Waals surface area contributed by atoms with Crippen molar-refractivity contribution >= 4 is 28.5 Å². The molecule has 0 saturated heterocycles. The van der Waals surface area contributed by atoms with Gasteiger partial charge in [0.15, 0.2) is 0 Å². The van der Waals surface area contributed by atoms with Crippen LogP contribution in [-0.4, -0.2) is 32.6 Å². The van der Waals surface area contributed by atoms with E-state index in [1.807, 2.05) is 58.9 Å². The number of carbonyl (C=O) groups is 1. The monoisotopic (exact) mass is 454 g/mol. The first kappa shape index (κ1) is 23.8. The highest BCUT2D eigenvalue weighted by molar-refractivity contribution is 6.30. The van der Waals surface area contributed by atoms with Crippen molar-refractivity contribution in [1.82, 2.24) is 19.8 Å². The van der Waals surface area contributed by atoms with Crippen molar-refractivity contribution in [3.63, 3.8) is 0 Å². The number of halogens is 1. The summed E-state index contributed by atoms with van der Waals surface area (Å²) < 4.78 is 1.59. The molecular formula is C25H31ClN4O2. The number of hydrogen-bond acceptors (Lipinski definition) is 3. The molecule has 170 valence electrons. The minimum Gasteiger partial charge on any atom is -0.333 e. The summed E-state index contributed by atoms with van der Waals surface area (Å²) in [5, 5.41) is 4.11. The number of aromatic nitrogens is 2. The van der Waals surface area contributed by atoms with Gasteiger partial charge in [0.1, 0.15) is 5.82 Å². The molecule has 1 aromatic heterocycles. The molecule has 7 heteroatoms. The summed E-state index contributed by atoms with van der Waals surface area (Å²) in [5.74, 6) is 0.524. The van der Waals surface area contributed by atoms with E-state index in [1.165, 1.54) is 0 Å². The molecular weight excluding hydrogens is 424 g/mol. The maximum atomic E-state index is 13.6. The van der Waals surface area contributed by atoms with Crippen LogP contribution < -0.4 is 10.9 Å².